The van der Waals surface area contributed by atoms with Gasteiger partial charge < -0.3 is 29.9 Å². The molecule has 1 aliphatic heterocycles. The van der Waals surface area contributed by atoms with E-state index in [1.165, 1.54) is 39.0 Å². The van der Waals surface area contributed by atoms with Gasteiger partial charge in [0.2, 0.25) is 0 Å². The largest absolute Gasteiger partial charge is 0.493 e. The zero-order chi connectivity index (χ0) is 22.8. The summed E-state index contributed by atoms with van der Waals surface area (Å²) in [7, 11) is 3.53. The van der Waals surface area contributed by atoms with Crippen molar-refractivity contribution < 1.29 is 9.47 Å². The molecule has 1 saturated carbocycles. The van der Waals surface area contributed by atoms with Gasteiger partial charge in [-0.3, -0.25) is 4.99 Å². The number of likely N-dealkylation sites (N-methyl/N-ethyl adjacent to an activating group) is 1. The van der Waals surface area contributed by atoms with Crippen molar-refractivity contribution in [2.45, 2.75) is 52.2 Å². The van der Waals surface area contributed by atoms with E-state index in [0.717, 1.165) is 55.5 Å². The van der Waals surface area contributed by atoms with Gasteiger partial charge in [0.1, 0.15) is 0 Å². The van der Waals surface area contributed by atoms with Crippen LogP contribution < -0.4 is 20.1 Å². The van der Waals surface area contributed by atoms with Crippen LogP contribution >= 0.6 is 0 Å². The number of para-hydroxylation sites is 1. The van der Waals surface area contributed by atoms with Gasteiger partial charge in [-0.1, -0.05) is 26.0 Å². The summed E-state index contributed by atoms with van der Waals surface area (Å²) in [6.45, 7) is 13.1. The molecule has 7 nitrogen and oxygen atoms in total. The number of piperazine rings is 1. The Morgan fingerprint density at radius 2 is 1.84 bits per heavy atom. The molecule has 7 heteroatoms. The van der Waals surface area contributed by atoms with E-state index in [9.17, 15) is 0 Å². The molecule has 0 amide bonds. The smallest absolute Gasteiger partial charge is 0.191 e. The monoisotopic (exact) mass is 445 g/mol. The molecule has 3 rings (SSSR count). The molecule has 2 fully saturated rings. The number of hydrogen-bond donors (Lipinski definition) is 2. The van der Waals surface area contributed by atoms with Crippen LogP contribution in [-0.2, 0) is 6.54 Å². The predicted octanol–water partition coefficient (Wildman–Crippen LogP) is 2.96. The summed E-state index contributed by atoms with van der Waals surface area (Å²) in [6, 6.07) is 6.10. The van der Waals surface area contributed by atoms with Gasteiger partial charge in [-0.25, -0.2) is 0 Å². The lowest BCUT2D eigenvalue weighted by Gasteiger charge is -2.35. The maximum atomic E-state index is 6.36. The number of hydrogen-bond acceptors (Lipinski definition) is 5. The quantitative estimate of drug-likeness (QED) is 0.427. The molecule has 2 aliphatic rings. The molecule has 1 atom stereocenters. The molecule has 1 aliphatic carbocycles. The first kappa shape index (κ1) is 24.6. The molecular formula is C25H43N5O2. The Balaban J connectivity index is 1.47. The lowest BCUT2D eigenvalue weighted by molar-refractivity contribution is 0.124. The van der Waals surface area contributed by atoms with E-state index in [1.54, 1.807) is 7.11 Å². The first-order chi connectivity index (χ1) is 15.6. The summed E-state index contributed by atoms with van der Waals surface area (Å²) in [4.78, 5) is 9.52. The third-order valence-corrected chi connectivity index (χ3v) is 6.64. The summed E-state index contributed by atoms with van der Waals surface area (Å²) in [6.07, 6.45) is 5.04. The van der Waals surface area contributed by atoms with Crippen molar-refractivity contribution in [1.29, 1.82) is 0 Å². The number of methoxy groups -OCH3 is 1. The minimum atomic E-state index is 0.294. The molecule has 0 spiro atoms. The number of rotatable bonds is 10. The number of guanidine groups is 1. The molecule has 1 heterocycles. The van der Waals surface area contributed by atoms with E-state index in [0.29, 0.717) is 18.6 Å². The molecule has 0 aromatic heterocycles. The second-order valence-electron chi connectivity index (χ2n) is 9.12. The molecule has 32 heavy (non-hydrogen) atoms. The summed E-state index contributed by atoms with van der Waals surface area (Å²) in [5, 5.41) is 6.96. The highest BCUT2D eigenvalue weighted by Crippen LogP contribution is 2.34. The fraction of sp³-hybridized carbons (Fsp3) is 0.720. The maximum Gasteiger partial charge on any atom is 0.191 e. The number of nitrogens with zero attached hydrogens (tertiary/aromatic N) is 3. The van der Waals surface area contributed by atoms with E-state index >= 15 is 0 Å². The first-order valence-electron chi connectivity index (χ1n) is 12.3. The number of ether oxygens (including phenoxy) is 2. The zero-order valence-corrected chi connectivity index (χ0v) is 20.5. The Morgan fingerprint density at radius 3 is 2.50 bits per heavy atom. The number of nitrogens with one attached hydrogen (secondary N) is 2. The first-order valence-corrected chi connectivity index (χ1v) is 12.3. The molecule has 0 radical (unpaired) electrons. The molecule has 1 saturated heterocycles. The van der Waals surface area contributed by atoms with Gasteiger partial charge in [0.25, 0.3) is 0 Å². The van der Waals surface area contributed by atoms with Crippen molar-refractivity contribution in [1.82, 2.24) is 20.4 Å². The van der Waals surface area contributed by atoms with Crippen molar-refractivity contribution in [2.75, 3.05) is 60.0 Å². The standard InChI is InChI=1S/C25H43N5O2/c1-5-29-13-15-30(16-14-29)19-20(2)17-27-25(26-3)28-18-21-9-8-12-23(31-4)24(21)32-22-10-6-7-11-22/h8-9,12,20,22H,5-7,10-11,13-19H2,1-4H3,(H2,26,27,28). The Labute approximate surface area is 194 Å². The summed E-state index contributed by atoms with van der Waals surface area (Å²) in [5.74, 6) is 3.04. The maximum absolute atomic E-state index is 6.36. The molecule has 0 bridgehead atoms. The van der Waals surface area contributed by atoms with Gasteiger partial charge in [0, 0.05) is 58.4 Å². The highest BCUT2D eigenvalue weighted by molar-refractivity contribution is 5.79. The van der Waals surface area contributed by atoms with Crippen LogP contribution in [0.4, 0.5) is 0 Å². The van der Waals surface area contributed by atoms with Gasteiger partial charge in [-0.15, -0.1) is 0 Å². The van der Waals surface area contributed by atoms with Crippen molar-refractivity contribution in [3.05, 3.63) is 23.8 Å². The van der Waals surface area contributed by atoms with Crippen LogP contribution in [0.25, 0.3) is 0 Å². The fourth-order valence-electron chi connectivity index (χ4n) is 4.63. The van der Waals surface area contributed by atoms with Gasteiger partial charge in [-0.05, 0) is 44.2 Å². The fourth-order valence-corrected chi connectivity index (χ4v) is 4.63. The van der Waals surface area contributed by atoms with Crippen LogP contribution in [0, 0.1) is 5.92 Å². The highest BCUT2D eigenvalue weighted by atomic mass is 16.5. The Kier molecular flexibility index (Phi) is 9.93. The summed E-state index contributed by atoms with van der Waals surface area (Å²) >= 11 is 0. The highest BCUT2D eigenvalue weighted by Gasteiger charge is 2.21. The second-order valence-corrected chi connectivity index (χ2v) is 9.12. The van der Waals surface area contributed by atoms with Crippen LogP contribution in [0.5, 0.6) is 11.5 Å². The number of benzene rings is 1. The van der Waals surface area contributed by atoms with Gasteiger partial charge >= 0.3 is 0 Å². The lowest BCUT2D eigenvalue weighted by atomic mass is 10.1. The van der Waals surface area contributed by atoms with E-state index in [4.69, 9.17) is 9.47 Å². The Morgan fingerprint density at radius 1 is 1.12 bits per heavy atom. The van der Waals surface area contributed by atoms with Crippen molar-refractivity contribution in [3.8, 4) is 11.5 Å². The molecule has 180 valence electrons. The molecule has 1 aromatic rings. The average Bonchev–Trinajstić information content (AvgIpc) is 3.33. The van der Waals surface area contributed by atoms with Gasteiger partial charge in [0.15, 0.2) is 17.5 Å². The van der Waals surface area contributed by atoms with Crippen LogP contribution in [0.1, 0.15) is 45.1 Å². The Hall–Kier alpha value is -1.99. The third-order valence-electron chi connectivity index (χ3n) is 6.64. The minimum Gasteiger partial charge on any atom is -0.493 e. The van der Waals surface area contributed by atoms with Crippen molar-refractivity contribution in [2.24, 2.45) is 10.9 Å². The molecule has 1 unspecified atom stereocenters. The van der Waals surface area contributed by atoms with Crippen LogP contribution in [0.15, 0.2) is 23.2 Å². The van der Waals surface area contributed by atoms with Gasteiger partial charge in [0.05, 0.1) is 13.2 Å². The second kappa shape index (κ2) is 12.9. The minimum absolute atomic E-state index is 0.294. The van der Waals surface area contributed by atoms with Gasteiger partial charge in [-0.2, -0.15) is 0 Å². The van der Waals surface area contributed by atoms with Crippen molar-refractivity contribution >= 4 is 5.96 Å². The van der Waals surface area contributed by atoms with Crippen LogP contribution in [0.3, 0.4) is 0 Å². The van der Waals surface area contributed by atoms with E-state index in [2.05, 4.69) is 45.3 Å². The van der Waals surface area contributed by atoms with E-state index in [-0.39, 0.29) is 0 Å². The number of aliphatic imine (C=N–C) groups is 1. The lowest BCUT2D eigenvalue weighted by Crippen LogP contribution is -2.48. The van der Waals surface area contributed by atoms with Crippen molar-refractivity contribution in [3.63, 3.8) is 0 Å². The summed E-state index contributed by atoms with van der Waals surface area (Å²) in [5.41, 5.74) is 1.10. The van der Waals surface area contributed by atoms with E-state index in [1.807, 2.05) is 19.2 Å². The van der Waals surface area contributed by atoms with Crippen LogP contribution in [0.2, 0.25) is 0 Å². The summed E-state index contributed by atoms with van der Waals surface area (Å²) < 4.78 is 11.9. The molecule has 2 N–H and O–H groups in total. The topological polar surface area (TPSA) is 61.4 Å². The van der Waals surface area contributed by atoms with Crippen LogP contribution in [-0.4, -0.2) is 81.8 Å². The molecule has 1 aromatic carbocycles. The average molecular weight is 446 g/mol. The third kappa shape index (κ3) is 7.27. The van der Waals surface area contributed by atoms with E-state index < -0.39 is 0 Å². The predicted molar refractivity (Wildman–Crippen MR) is 132 cm³/mol. The normalized spacial score (nSPS) is 19.7. The molecular weight excluding hydrogens is 402 g/mol. The zero-order valence-electron chi connectivity index (χ0n) is 20.5. The SMILES string of the molecule is CCN1CCN(CC(C)CNC(=NC)NCc2cccc(OC)c2OC2CCCC2)CC1. The Bertz CT molecular complexity index is 712.